The minimum absolute atomic E-state index is 0.0405. The first-order valence-electron chi connectivity index (χ1n) is 7.62. The lowest BCUT2D eigenvalue weighted by Crippen LogP contribution is -2.31. The van der Waals surface area contributed by atoms with Crippen LogP contribution in [0, 0.1) is 19.3 Å². The average Bonchev–Trinajstić information content (AvgIpc) is 2.54. The summed E-state index contributed by atoms with van der Waals surface area (Å²) in [4.78, 5) is 12.2. The average molecular weight is 294 g/mol. The topological polar surface area (TPSA) is 72.9 Å². The van der Waals surface area contributed by atoms with E-state index < -0.39 is 0 Å². The molecule has 0 aliphatic heterocycles. The van der Waals surface area contributed by atoms with Gasteiger partial charge in [-0.25, -0.2) is 0 Å². The maximum atomic E-state index is 12.2. The van der Waals surface area contributed by atoms with Crippen LogP contribution in [-0.2, 0) is 4.79 Å². The van der Waals surface area contributed by atoms with Gasteiger partial charge in [-0.15, -0.1) is 0 Å². The highest BCUT2D eigenvalue weighted by atomic mass is 16.1. The monoisotopic (exact) mass is 294 g/mol. The van der Waals surface area contributed by atoms with Crippen molar-refractivity contribution in [3.63, 3.8) is 0 Å². The summed E-state index contributed by atoms with van der Waals surface area (Å²) in [5, 5.41) is 7.44. The van der Waals surface area contributed by atoms with Crippen molar-refractivity contribution in [3.05, 3.63) is 11.4 Å². The maximum absolute atomic E-state index is 12.2. The lowest BCUT2D eigenvalue weighted by Gasteiger charge is -2.22. The van der Waals surface area contributed by atoms with Crippen LogP contribution < -0.4 is 11.1 Å². The standard InChI is InChI=1S/C16H30N4O/c1-10(2)20-12(4)15(11(3)19-20)18-14(21)8-13(17)9-16(5,6)7/h10,13H,8-9,17H2,1-7H3,(H,18,21). The van der Waals surface area contributed by atoms with Crippen molar-refractivity contribution in [1.82, 2.24) is 9.78 Å². The molecule has 5 heteroatoms. The Labute approximate surface area is 128 Å². The number of nitrogens with two attached hydrogens (primary N) is 1. The largest absolute Gasteiger partial charge is 0.327 e. The van der Waals surface area contributed by atoms with Crippen LogP contribution in [-0.4, -0.2) is 21.7 Å². The molecule has 0 spiro atoms. The molecule has 1 amide bonds. The number of aromatic nitrogens is 2. The Morgan fingerprint density at radius 3 is 2.33 bits per heavy atom. The summed E-state index contributed by atoms with van der Waals surface area (Å²) in [5.41, 5.74) is 8.84. The van der Waals surface area contributed by atoms with Crippen LogP contribution in [0.1, 0.15) is 64.9 Å². The number of aryl methyl sites for hydroxylation is 1. The number of hydrogen-bond donors (Lipinski definition) is 2. The van der Waals surface area contributed by atoms with Crippen molar-refractivity contribution in [3.8, 4) is 0 Å². The van der Waals surface area contributed by atoms with Crippen LogP contribution in [0.4, 0.5) is 5.69 Å². The molecule has 120 valence electrons. The SMILES string of the molecule is Cc1nn(C(C)C)c(C)c1NC(=O)CC(N)CC(C)(C)C. The fourth-order valence-electron chi connectivity index (χ4n) is 2.63. The molecule has 0 radical (unpaired) electrons. The van der Waals surface area contributed by atoms with E-state index in [-0.39, 0.29) is 23.4 Å². The van der Waals surface area contributed by atoms with Crippen LogP contribution in [0.3, 0.4) is 0 Å². The molecule has 1 heterocycles. The molecule has 0 saturated carbocycles. The van der Waals surface area contributed by atoms with E-state index in [9.17, 15) is 4.79 Å². The number of nitrogens with zero attached hydrogens (tertiary/aromatic N) is 2. The highest BCUT2D eigenvalue weighted by Crippen LogP contribution is 2.24. The second-order valence-corrected chi connectivity index (χ2v) is 7.36. The molecule has 0 aliphatic rings. The number of nitrogens with one attached hydrogen (secondary N) is 1. The quantitative estimate of drug-likeness (QED) is 0.876. The second kappa shape index (κ2) is 6.60. The molecule has 1 rings (SSSR count). The van der Waals surface area contributed by atoms with Gasteiger partial charge in [0.05, 0.1) is 17.1 Å². The molecule has 21 heavy (non-hydrogen) atoms. The third-order valence-electron chi connectivity index (χ3n) is 3.40. The molecule has 3 N–H and O–H groups in total. The van der Waals surface area contributed by atoms with Gasteiger partial charge in [0.25, 0.3) is 0 Å². The zero-order valence-corrected chi connectivity index (χ0v) is 14.4. The molecule has 0 aromatic carbocycles. The summed E-state index contributed by atoms with van der Waals surface area (Å²) < 4.78 is 1.93. The maximum Gasteiger partial charge on any atom is 0.226 e. The molecule has 0 bridgehead atoms. The predicted octanol–water partition coefficient (Wildman–Crippen LogP) is 3.17. The first kappa shape index (κ1) is 17.7. The molecule has 1 unspecified atom stereocenters. The van der Waals surface area contributed by atoms with Gasteiger partial charge in [-0.1, -0.05) is 20.8 Å². The summed E-state index contributed by atoms with van der Waals surface area (Å²) in [5.74, 6) is -0.0405. The molecule has 0 saturated heterocycles. The van der Waals surface area contributed by atoms with Gasteiger partial charge in [0.2, 0.25) is 5.91 Å². The Balaban J connectivity index is 2.72. The van der Waals surface area contributed by atoms with E-state index in [1.807, 2.05) is 18.5 Å². The third kappa shape index (κ3) is 5.16. The Morgan fingerprint density at radius 2 is 1.90 bits per heavy atom. The minimum Gasteiger partial charge on any atom is -0.327 e. The predicted molar refractivity (Wildman–Crippen MR) is 87.4 cm³/mol. The van der Waals surface area contributed by atoms with Crippen LogP contribution in [0.25, 0.3) is 0 Å². The van der Waals surface area contributed by atoms with E-state index >= 15 is 0 Å². The van der Waals surface area contributed by atoms with Crippen LogP contribution >= 0.6 is 0 Å². The number of carbonyl (C=O) groups excluding carboxylic acids is 1. The lowest BCUT2D eigenvalue weighted by molar-refractivity contribution is -0.116. The van der Waals surface area contributed by atoms with Gasteiger partial charge in [0.1, 0.15) is 0 Å². The van der Waals surface area contributed by atoms with E-state index in [0.29, 0.717) is 6.42 Å². The summed E-state index contributed by atoms with van der Waals surface area (Å²) in [6.45, 7) is 14.4. The number of rotatable bonds is 5. The molecule has 1 aromatic heterocycles. The van der Waals surface area contributed by atoms with E-state index in [4.69, 9.17) is 5.73 Å². The van der Waals surface area contributed by atoms with Crippen LogP contribution in [0.2, 0.25) is 0 Å². The first-order valence-corrected chi connectivity index (χ1v) is 7.62. The highest BCUT2D eigenvalue weighted by molar-refractivity contribution is 5.92. The van der Waals surface area contributed by atoms with Crippen LogP contribution in [0.15, 0.2) is 0 Å². The number of hydrogen-bond acceptors (Lipinski definition) is 3. The Hall–Kier alpha value is -1.36. The second-order valence-electron chi connectivity index (χ2n) is 7.36. The van der Waals surface area contributed by atoms with Crippen LogP contribution in [0.5, 0.6) is 0 Å². The number of carbonyl (C=O) groups is 1. The normalized spacial score (nSPS) is 13.6. The molecule has 0 aliphatic carbocycles. The number of amides is 1. The zero-order chi connectivity index (χ0) is 16.4. The van der Waals surface area contributed by atoms with Gasteiger partial charge in [-0.05, 0) is 39.5 Å². The molecule has 1 atom stereocenters. The Bertz CT molecular complexity index is 497. The fourth-order valence-corrected chi connectivity index (χ4v) is 2.63. The summed E-state index contributed by atoms with van der Waals surface area (Å²) in [7, 11) is 0. The van der Waals surface area contributed by atoms with Crippen molar-refractivity contribution in [2.45, 2.75) is 73.4 Å². The minimum atomic E-state index is -0.120. The van der Waals surface area contributed by atoms with Crippen molar-refractivity contribution >= 4 is 11.6 Å². The van der Waals surface area contributed by atoms with E-state index in [0.717, 1.165) is 23.5 Å². The highest BCUT2D eigenvalue weighted by Gasteiger charge is 2.20. The van der Waals surface area contributed by atoms with E-state index in [2.05, 4.69) is 45.0 Å². The summed E-state index contributed by atoms with van der Waals surface area (Å²) >= 11 is 0. The van der Waals surface area contributed by atoms with Gasteiger partial charge in [0.15, 0.2) is 0 Å². The van der Waals surface area contributed by atoms with Gasteiger partial charge in [0, 0.05) is 18.5 Å². The molecular formula is C16H30N4O. The first-order chi connectivity index (χ1) is 9.51. The van der Waals surface area contributed by atoms with Crippen molar-refractivity contribution < 1.29 is 4.79 Å². The van der Waals surface area contributed by atoms with Crippen molar-refractivity contribution in [1.29, 1.82) is 0 Å². The zero-order valence-electron chi connectivity index (χ0n) is 14.4. The van der Waals surface area contributed by atoms with E-state index in [1.54, 1.807) is 0 Å². The molecule has 5 nitrogen and oxygen atoms in total. The Kier molecular flexibility index (Phi) is 5.56. The van der Waals surface area contributed by atoms with Gasteiger partial charge < -0.3 is 11.1 Å². The lowest BCUT2D eigenvalue weighted by atomic mass is 9.87. The van der Waals surface area contributed by atoms with Gasteiger partial charge in [-0.2, -0.15) is 5.10 Å². The summed E-state index contributed by atoms with van der Waals surface area (Å²) in [6, 6.07) is 0.156. The molecular weight excluding hydrogens is 264 g/mol. The summed E-state index contributed by atoms with van der Waals surface area (Å²) in [6.07, 6.45) is 1.16. The Morgan fingerprint density at radius 1 is 1.33 bits per heavy atom. The third-order valence-corrected chi connectivity index (χ3v) is 3.40. The van der Waals surface area contributed by atoms with Crippen molar-refractivity contribution in [2.75, 3.05) is 5.32 Å². The fraction of sp³-hybridized carbons (Fsp3) is 0.750. The van der Waals surface area contributed by atoms with Crippen molar-refractivity contribution in [2.24, 2.45) is 11.1 Å². The smallest absolute Gasteiger partial charge is 0.226 e. The number of anilines is 1. The molecule has 0 fully saturated rings. The van der Waals surface area contributed by atoms with Gasteiger partial charge in [-0.3, -0.25) is 9.48 Å². The van der Waals surface area contributed by atoms with E-state index in [1.165, 1.54) is 0 Å². The van der Waals surface area contributed by atoms with Gasteiger partial charge >= 0.3 is 0 Å². The molecule has 1 aromatic rings.